The Morgan fingerprint density at radius 1 is 1.34 bits per heavy atom. The standard InChI is InChI=1S/C20H27N5O4/c1-23(2)12-17-19(14-10-22-24(3)11-14)25(8-9-28-17)18(26)13-29-16-7-5-4-6-15(16)20(21)27/h4-7,10-11,17,19H,8-9,12-13H2,1-3H3,(H2,21,27)/t17-,19-/m0/s1. The summed E-state index contributed by atoms with van der Waals surface area (Å²) >= 11 is 0. The van der Waals surface area contributed by atoms with Gasteiger partial charge in [-0.15, -0.1) is 0 Å². The number of aromatic nitrogens is 2. The molecule has 2 atom stereocenters. The quantitative estimate of drug-likeness (QED) is 0.722. The molecule has 29 heavy (non-hydrogen) atoms. The van der Waals surface area contributed by atoms with Gasteiger partial charge in [0.25, 0.3) is 11.8 Å². The van der Waals surface area contributed by atoms with Crippen LogP contribution in [0.3, 0.4) is 0 Å². The number of carbonyl (C=O) groups is 2. The molecule has 0 bridgehead atoms. The number of hydrogen-bond acceptors (Lipinski definition) is 6. The van der Waals surface area contributed by atoms with Crippen molar-refractivity contribution in [1.29, 1.82) is 0 Å². The number of nitrogens with zero attached hydrogens (tertiary/aromatic N) is 4. The van der Waals surface area contributed by atoms with Gasteiger partial charge in [-0.05, 0) is 26.2 Å². The van der Waals surface area contributed by atoms with E-state index < -0.39 is 5.91 Å². The molecule has 0 saturated carbocycles. The summed E-state index contributed by atoms with van der Waals surface area (Å²) in [5.41, 5.74) is 6.54. The molecule has 1 aliphatic rings. The lowest BCUT2D eigenvalue weighted by Crippen LogP contribution is -2.52. The zero-order chi connectivity index (χ0) is 21.0. The first-order valence-electron chi connectivity index (χ1n) is 9.42. The van der Waals surface area contributed by atoms with E-state index in [4.69, 9.17) is 15.2 Å². The Labute approximate surface area is 170 Å². The van der Waals surface area contributed by atoms with Crippen LogP contribution in [0.1, 0.15) is 22.0 Å². The summed E-state index contributed by atoms with van der Waals surface area (Å²) in [6.45, 7) is 1.35. The number of benzene rings is 1. The number of hydrogen-bond donors (Lipinski definition) is 1. The van der Waals surface area contributed by atoms with Gasteiger partial charge in [-0.1, -0.05) is 12.1 Å². The SMILES string of the molecule is CN(C)C[C@@H]1OCCN(C(=O)COc2ccccc2C(N)=O)[C@H]1c1cnn(C)c1. The van der Waals surface area contributed by atoms with E-state index >= 15 is 0 Å². The van der Waals surface area contributed by atoms with Crippen LogP contribution in [-0.4, -0.2) is 77.9 Å². The molecular weight excluding hydrogens is 374 g/mol. The Balaban J connectivity index is 1.79. The first-order chi connectivity index (χ1) is 13.9. The summed E-state index contributed by atoms with van der Waals surface area (Å²) in [7, 11) is 5.77. The number of morpholine rings is 1. The molecule has 0 radical (unpaired) electrons. The Hall–Kier alpha value is -2.91. The van der Waals surface area contributed by atoms with Crippen LogP contribution in [0, 0.1) is 0 Å². The summed E-state index contributed by atoms with van der Waals surface area (Å²) < 4.78 is 13.3. The second kappa shape index (κ2) is 9.06. The third-order valence-corrected chi connectivity index (χ3v) is 4.79. The molecular formula is C20H27N5O4. The largest absolute Gasteiger partial charge is 0.483 e. The maximum atomic E-state index is 13.1. The van der Waals surface area contributed by atoms with Crippen LogP contribution in [0.5, 0.6) is 5.75 Å². The van der Waals surface area contributed by atoms with Crippen molar-refractivity contribution < 1.29 is 19.1 Å². The molecule has 9 nitrogen and oxygen atoms in total. The van der Waals surface area contributed by atoms with Gasteiger partial charge in [-0.3, -0.25) is 14.3 Å². The van der Waals surface area contributed by atoms with E-state index in [1.807, 2.05) is 32.2 Å². The number of nitrogens with two attached hydrogens (primary N) is 1. The fourth-order valence-electron chi connectivity index (χ4n) is 3.53. The number of carbonyl (C=O) groups excluding carboxylic acids is 2. The third kappa shape index (κ3) is 4.93. The lowest BCUT2D eigenvalue weighted by atomic mass is 10.0. The van der Waals surface area contributed by atoms with E-state index in [1.54, 1.807) is 40.0 Å². The van der Waals surface area contributed by atoms with Crippen molar-refractivity contribution in [2.24, 2.45) is 12.8 Å². The summed E-state index contributed by atoms with van der Waals surface area (Å²) in [4.78, 5) is 28.4. The smallest absolute Gasteiger partial charge is 0.261 e. The number of amides is 2. The van der Waals surface area contributed by atoms with E-state index in [9.17, 15) is 9.59 Å². The molecule has 2 aromatic rings. The Morgan fingerprint density at radius 2 is 2.10 bits per heavy atom. The van der Waals surface area contributed by atoms with Gasteiger partial charge < -0.3 is 25.0 Å². The first kappa shape index (κ1) is 20.8. The van der Waals surface area contributed by atoms with Crippen LogP contribution >= 0.6 is 0 Å². The highest BCUT2D eigenvalue weighted by Gasteiger charge is 2.37. The topological polar surface area (TPSA) is 103 Å². The van der Waals surface area contributed by atoms with Crippen molar-refractivity contribution in [1.82, 2.24) is 19.6 Å². The van der Waals surface area contributed by atoms with E-state index in [-0.39, 0.29) is 30.2 Å². The van der Waals surface area contributed by atoms with Crippen molar-refractivity contribution in [3.8, 4) is 5.75 Å². The minimum Gasteiger partial charge on any atom is -0.483 e. The van der Waals surface area contributed by atoms with Gasteiger partial charge in [0.15, 0.2) is 6.61 Å². The molecule has 1 aromatic carbocycles. The van der Waals surface area contributed by atoms with E-state index in [0.717, 1.165) is 5.56 Å². The zero-order valence-corrected chi connectivity index (χ0v) is 16.9. The van der Waals surface area contributed by atoms with Crippen LogP contribution in [0.2, 0.25) is 0 Å². The fourth-order valence-corrected chi connectivity index (χ4v) is 3.53. The third-order valence-electron chi connectivity index (χ3n) is 4.79. The molecule has 9 heteroatoms. The van der Waals surface area contributed by atoms with E-state index in [0.29, 0.717) is 25.4 Å². The first-order valence-corrected chi connectivity index (χ1v) is 9.42. The average molecular weight is 401 g/mol. The Kier molecular flexibility index (Phi) is 6.50. The lowest BCUT2D eigenvalue weighted by Gasteiger charge is -2.41. The van der Waals surface area contributed by atoms with Crippen LogP contribution < -0.4 is 10.5 Å². The highest BCUT2D eigenvalue weighted by atomic mass is 16.5. The maximum absolute atomic E-state index is 13.1. The number of primary amides is 1. The van der Waals surface area contributed by atoms with Crippen LogP contribution in [0.25, 0.3) is 0 Å². The van der Waals surface area contributed by atoms with Crippen molar-refractivity contribution in [3.63, 3.8) is 0 Å². The molecule has 2 amide bonds. The van der Waals surface area contributed by atoms with Gasteiger partial charge in [0, 0.05) is 31.9 Å². The molecule has 1 fully saturated rings. The number of para-hydroxylation sites is 1. The van der Waals surface area contributed by atoms with E-state index in [1.165, 1.54) is 0 Å². The van der Waals surface area contributed by atoms with Gasteiger partial charge >= 0.3 is 0 Å². The molecule has 0 unspecified atom stereocenters. The van der Waals surface area contributed by atoms with Crippen molar-refractivity contribution >= 4 is 11.8 Å². The van der Waals surface area contributed by atoms with Gasteiger partial charge in [-0.2, -0.15) is 5.10 Å². The minimum absolute atomic E-state index is 0.190. The number of rotatable bonds is 7. The zero-order valence-electron chi connectivity index (χ0n) is 16.9. The molecule has 0 spiro atoms. The molecule has 0 aliphatic carbocycles. The van der Waals surface area contributed by atoms with Crippen LogP contribution in [0.4, 0.5) is 0 Å². The summed E-state index contributed by atoms with van der Waals surface area (Å²) in [6, 6.07) is 6.35. The fraction of sp³-hybridized carbons (Fsp3) is 0.450. The van der Waals surface area contributed by atoms with Crippen molar-refractivity contribution in [3.05, 3.63) is 47.8 Å². The van der Waals surface area contributed by atoms with Crippen molar-refractivity contribution in [2.45, 2.75) is 12.1 Å². The number of aryl methyl sites for hydroxylation is 1. The second-order valence-corrected chi connectivity index (χ2v) is 7.30. The average Bonchev–Trinajstić information content (AvgIpc) is 3.11. The molecule has 1 saturated heterocycles. The molecule has 3 rings (SSSR count). The Bertz CT molecular complexity index is 866. The summed E-state index contributed by atoms with van der Waals surface area (Å²) in [6.07, 6.45) is 3.46. The van der Waals surface area contributed by atoms with E-state index in [2.05, 4.69) is 5.10 Å². The van der Waals surface area contributed by atoms with Crippen molar-refractivity contribution in [2.75, 3.05) is 40.4 Å². The highest BCUT2D eigenvalue weighted by molar-refractivity contribution is 5.95. The maximum Gasteiger partial charge on any atom is 0.261 e. The molecule has 1 aromatic heterocycles. The van der Waals surface area contributed by atoms with Gasteiger partial charge in [0.2, 0.25) is 0 Å². The molecule has 156 valence electrons. The van der Waals surface area contributed by atoms with Gasteiger partial charge in [0.1, 0.15) is 5.75 Å². The second-order valence-electron chi connectivity index (χ2n) is 7.30. The predicted molar refractivity (Wildman–Crippen MR) is 106 cm³/mol. The van der Waals surface area contributed by atoms with Gasteiger partial charge in [-0.25, -0.2) is 0 Å². The normalized spacial score (nSPS) is 19.4. The van der Waals surface area contributed by atoms with Crippen LogP contribution in [-0.2, 0) is 16.6 Å². The highest BCUT2D eigenvalue weighted by Crippen LogP contribution is 2.30. The predicted octanol–water partition coefficient (Wildman–Crippen LogP) is 0.428. The molecule has 1 aliphatic heterocycles. The minimum atomic E-state index is -0.598. The summed E-state index contributed by atoms with van der Waals surface area (Å²) in [5, 5.41) is 4.25. The lowest BCUT2D eigenvalue weighted by molar-refractivity contribution is -0.150. The number of ether oxygens (including phenoxy) is 2. The summed E-state index contributed by atoms with van der Waals surface area (Å²) in [5.74, 6) is -0.492. The van der Waals surface area contributed by atoms with Gasteiger partial charge in [0.05, 0.1) is 30.5 Å². The Morgan fingerprint density at radius 3 is 2.76 bits per heavy atom. The number of likely N-dealkylation sites (N-methyl/N-ethyl adjacent to an activating group) is 1. The molecule has 2 heterocycles. The van der Waals surface area contributed by atoms with Crippen LogP contribution in [0.15, 0.2) is 36.7 Å². The monoisotopic (exact) mass is 401 g/mol. The molecule has 2 N–H and O–H groups in total.